The van der Waals surface area contributed by atoms with Crippen LogP contribution in [-0.2, 0) is 12.7 Å². The normalized spacial score (nSPS) is 13.0. The Balaban J connectivity index is 1.70. The van der Waals surface area contributed by atoms with Crippen molar-refractivity contribution in [3.8, 4) is 5.69 Å². The van der Waals surface area contributed by atoms with Gasteiger partial charge >= 0.3 is 6.18 Å². The lowest BCUT2D eigenvalue weighted by molar-refractivity contribution is -0.140. The van der Waals surface area contributed by atoms with Gasteiger partial charge in [-0.15, -0.1) is 11.3 Å². The summed E-state index contributed by atoms with van der Waals surface area (Å²) in [6.45, 7) is 6.34. The largest absolute Gasteiger partial charge is 0.435 e. The van der Waals surface area contributed by atoms with Gasteiger partial charge in [0.1, 0.15) is 4.83 Å². The number of para-hydroxylation sites is 1. The van der Waals surface area contributed by atoms with Crippen LogP contribution in [0.5, 0.6) is 0 Å². The van der Waals surface area contributed by atoms with E-state index in [0.717, 1.165) is 22.6 Å². The first-order valence-electron chi connectivity index (χ1n) is 9.69. The van der Waals surface area contributed by atoms with Crippen molar-refractivity contribution in [1.29, 1.82) is 0 Å². The van der Waals surface area contributed by atoms with Gasteiger partial charge in [0.05, 0.1) is 22.3 Å². The number of amides is 1. The highest BCUT2D eigenvalue weighted by Gasteiger charge is 2.38. The Bertz CT molecular complexity index is 1240. The molecule has 0 aliphatic heterocycles. The smallest absolute Gasteiger partial charge is 0.345 e. The molecule has 0 aliphatic carbocycles. The predicted molar refractivity (Wildman–Crippen MR) is 112 cm³/mol. The molecule has 0 fully saturated rings. The number of alkyl halides is 3. The highest BCUT2D eigenvalue weighted by Crippen LogP contribution is 2.39. The molecular weight excluding hydrogens is 427 g/mol. The lowest BCUT2D eigenvalue weighted by Crippen LogP contribution is -2.26. The lowest BCUT2D eigenvalue weighted by atomic mass is 10.1. The van der Waals surface area contributed by atoms with Crippen molar-refractivity contribution < 1.29 is 18.0 Å². The standard InChI is InChI=1S/C21H20F3N5OS/c1-4-28-11-16(13(3)26-28)12(2)25-19(30)17-10-15-18(21(22,23)24)27-29(20(15)31-17)14-8-6-5-7-9-14/h5-12H,4H2,1-3H3,(H,25,30)/t12-/m0/s1. The summed E-state index contributed by atoms with van der Waals surface area (Å²) in [7, 11) is 0. The summed E-state index contributed by atoms with van der Waals surface area (Å²) in [5.41, 5.74) is 1.15. The maximum absolute atomic E-state index is 13.6. The van der Waals surface area contributed by atoms with Crippen LogP contribution in [-0.4, -0.2) is 25.5 Å². The first-order valence-corrected chi connectivity index (χ1v) is 10.5. The number of hydrogen-bond donors (Lipinski definition) is 1. The molecule has 0 radical (unpaired) electrons. The van der Waals surface area contributed by atoms with Crippen molar-refractivity contribution in [1.82, 2.24) is 24.9 Å². The number of thiophene rings is 1. The van der Waals surface area contributed by atoms with Crippen LogP contribution in [0.15, 0.2) is 42.6 Å². The monoisotopic (exact) mass is 447 g/mol. The molecule has 0 saturated carbocycles. The number of rotatable bonds is 5. The summed E-state index contributed by atoms with van der Waals surface area (Å²) in [6, 6.07) is 9.47. The van der Waals surface area contributed by atoms with E-state index in [2.05, 4.69) is 15.5 Å². The van der Waals surface area contributed by atoms with Gasteiger partial charge < -0.3 is 5.32 Å². The van der Waals surface area contributed by atoms with Gasteiger partial charge in [-0.25, -0.2) is 4.68 Å². The summed E-state index contributed by atoms with van der Waals surface area (Å²) in [5.74, 6) is -0.440. The van der Waals surface area contributed by atoms with Gasteiger partial charge in [-0.3, -0.25) is 9.48 Å². The molecule has 4 rings (SSSR count). The quantitative estimate of drug-likeness (QED) is 0.462. The maximum Gasteiger partial charge on any atom is 0.435 e. The van der Waals surface area contributed by atoms with Gasteiger partial charge in [0.15, 0.2) is 5.69 Å². The van der Waals surface area contributed by atoms with Crippen molar-refractivity contribution in [2.75, 3.05) is 0 Å². The maximum atomic E-state index is 13.6. The average Bonchev–Trinajstić information content (AvgIpc) is 3.40. The number of nitrogens with zero attached hydrogens (tertiary/aromatic N) is 4. The van der Waals surface area contributed by atoms with Crippen molar-refractivity contribution in [3.05, 3.63) is 64.4 Å². The summed E-state index contributed by atoms with van der Waals surface area (Å²) >= 11 is 0.982. The second kappa shape index (κ2) is 7.84. The van der Waals surface area contributed by atoms with E-state index in [1.807, 2.05) is 27.0 Å². The van der Waals surface area contributed by atoms with Crippen LogP contribution in [0.3, 0.4) is 0 Å². The Kier molecular flexibility index (Phi) is 5.34. The van der Waals surface area contributed by atoms with E-state index in [4.69, 9.17) is 0 Å². The molecule has 10 heteroatoms. The molecule has 0 aliphatic rings. The summed E-state index contributed by atoms with van der Waals surface area (Å²) in [6.07, 6.45) is -2.77. The number of nitrogens with one attached hydrogen (secondary N) is 1. The minimum absolute atomic E-state index is 0.0888. The van der Waals surface area contributed by atoms with Gasteiger partial charge in [-0.1, -0.05) is 18.2 Å². The third-order valence-electron chi connectivity index (χ3n) is 4.98. The first kappa shape index (κ1) is 21.1. The van der Waals surface area contributed by atoms with Gasteiger partial charge in [-0.2, -0.15) is 23.4 Å². The Morgan fingerprint density at radius 1 is 1.23 bits per heavy atom. The molecule has 31 heavy (non-hydrogen) atoms. The molecule has 1 amide bonds. The van der Waals surface area contributed by atoms with E-state index in [1.54, 1.807) is 35.0 Å². The second-order valence-corrected chi connectivity index (χ2v) is 8.17. The topological polar surface area (TPSA) is 64.7 Å². The zero-order chi connectivity index (χ0) is 22.3. The molecule has 1 aromatic carbocycles. The fourth-order valence-corrected chi connectivity index (χ4v) is 4.47. The fraction of sp³-hybridized carbons (Fsp3) is 0.286. The van der Waals surface area contributed by atoms with Crippen molar-refractivity contribution in [2.24, 2.45) is 0 Å². The molecule has 0 unspecified atom stereocenters. The van der Waals surface area contributed by atoms with Crippen LogP contribution < -0.4 is 5.32 Å². The van der Waals surface area contributed by atoms with Gasteiger partial charge in [0, 0.05) is 23.7 Å². The number of aryl methyl sites for hydroxylation is 2. The molecule has 0 saturated heterocycles. The Hall–Kier alpha value is -3.14. The number of hydrogen-bond acceptors (Lipinski definition) is 4. The van der Waals surface area contributed by atoms with Gasteiger partial charge in [0.25, 0.3) is 5.91 Å². The molecule has 0 bridgehead atoms. The summed E-state index contributed by atoms with van der Waals surface area (Å²) < 4.78 is 43.8. The highest BCUT2D eigenvalue weighted by molar-refractivity contribution is 7.20. The van der Waals surface area contributed by atoms with E-state index >= 15 is 0 Å². The number of carbonyl (C=O) groups is 1. The third kappa shape index (κ3) is 3.95. The Morgan fingerprint density at radius 3 is 2.55 bits per heavy atom. The molecular formula is C21H20F3N5OS. The van der Waals surface area contributed by atoms with Gasteiger partial charge in [-0.05, 0) is 39.0 Å². The molecule has 4 aromatic rings. The first-order chi connectivity index (χ1) is 14.7. The van der Waals surface area contributed by atoms with E-state index in [9.17, 15) is 18.0 Å². The van der Waals surface area contributed by atoms with Crippen LogP contribution in [0.1, 0.15) is 46.5 Å². The third-order valence-corrected chi connectivity index (χ3v) is 6.08. The SMILES string of the molecule is CCn1cc([C@H](C)NC(=O)c2cc3c(C(F)(F)F)nn(-c4ccccc4)c3s2)c(C)n1. The zero-order valence-corrected chi connectivity index (χ0v) is 17.9. The number of halogens is 3. The zero-order valence-electron chi connectivity index (χ0n) is 17.1. The molecule has 1 N–H and O–H groups in total. The fourth-order valence-electron chi connectivity index (χ4n) is 3.44. The minimum Gasteiger partial charge on any atom is -0.345 e. The van der Waals surface area contributed by atoms with Crippen LogP contribution >= 0.6 is 11.3 Å². The molecule has 3 heterocycles. The number of carbonyl (C=O) groups excluding carboxylic acids is 1. The van der Waals surface area contributed by atoms with Crippen LogP contribution in [0, 0.1) is 6.92 Å². The van der Waals surface area contributed by atoms with E-state index in [0.29, 0.717) is 12.2 Å². The summed E-state index contributed by atoms with van der Waals surface area (Å²) in [5, 5.41) is 10.9. The predicted octanol–water partition coefficient (Wildman–Crippen LogP) is 5.12. The van der Waals surface area contributed by atoms with Crippen molar-refractivity contribution >= 4 is 27.5 Å². The van der Waals surface area contributed by atoms with Crippen molar-refractivity contribution in [2.45, 2.75) is 39.5 Å². The molecule has 3 aromatic heterocycles. The minimum atomic E-state index is -4.63. The van der Waals surface area contributed by atoms with Crippen LogP contribution in [0.2, 0.25) is 0 Å². The Labute approximate surface area is 180 Å². The van der Waals surface area contributed by atoms with Crippen LogP contribution in [0.4, 0.5) is 13.2 Å². The number of aromatic nitrogens is 4. The van der Waals surface area contributed by atoms with E-state index < -0.39 is 17.8 Å². The van der Waals surface area contributed by atoms with Crippen molar-refractivity contribution in [3.63, 3.8) is 0 Å². The molecule has 6 nitrogen and oxygen atoms in total. The number of benzene rings is 1. The van der Waals surface area contributed by atoms with Crippen LogP contribution in [0.25, 0.3) is 15.9 Å². The number of fused-ring (bicyclic) bond motifs is 1. The van der Waals surface area contributed by atoms with E-state index in [1.165, 1.54) is 10.7 Å². The molecule has 162 valence electrons. The molecule has 0 spiro atoms. The van der Waals surface area contributed by atoms with E-state index in [-0.39, 0.29) is 21.1 Å². The van der Waals surface area contributed by atoms with Gasteiger partial charge in [0.2, 0.25) is 0 Å². The second-order valence-electron chi connectivity index (χ2n) is 7.14. The highest BCUT2D eigenvalue weighted by atomic mass is 32.1. The summed E-state index contributed by atoms with van der Waals surface area (Å²) in [4.78, 5) is 13.3. The molecule has 1 atom stereocenters. The lowest BCUT2D eigenvalue weighted by Gasteiger charge is -2.12. The Morgan fingerprint density at radius 2 is 1.94 bits per heavy atom. The average molecular weight is 447 g/mol.